The summed E-state index contributed by atoms with van der Waals surface area (Å²) < 4.78 is 0. The summed E-state index contributed by atoms with van der Waals surface area (Å²) in [5.74, 6) is -7.99. The van der Waals surface area contributed by atoms with Crippen LogP contribution >= 0.6 is 0 Å². The van der Waals surface area contributed by atoms with Crippen LogP contribution in [0.1, 0.15) is 52.2 Å². The van der Waals surface area contributed by atoms with E-state index in [1.807, 2.05) is 0 Å². The van der Waals surface area contributed by atoms with Crippen LogP contribution in [0.3, 0.4) is 0 Å². The molecule has 0 spiro atoms. The number of carbonyl (C=O) groups excluding carboxylic acids is 8. The molecule has 10 N–H and O–H groups in total. The maximum atomic E-state index is 13.7. The zero-order chi connectivity index (χ0) is 43.4. The molecule has 0 heterocycles. The molecule has 0 saturated heterocycles. The number of nitrogens with two attached hydrogens (primary N) is 1. The van der Waals surface area contributed by atoms with Gasteiger partial charge in [-0.3, -0.25) is 38.4 Å². The van der Waals surface area contributed by atoms with E-state index in [0.717, 1.165) is 12.2 Å². The summed E-state index contributed by atoms with van der Waals surface area (Å²) >= 11 is 0. The van der Waals surface area contributed by atoms with Crippen molar-refractivity contribution in [3.05, 3.63) is 83.9 Å². The molecular formula is C40H54N8O10. The Bertz CT molecular complexity index is 1790. The van der Waals surface area contributed by atoms with Crippen molar-refractivity contribution >= 4 is 53.2 Å². The van der Waals surface area contributed by atoms with Crippen molar-refractivity contribution in [3.63, 3.8) is 0 Å². The predicted octanol–water partition coefficient (Wildman–Crippen LogP) is -1.02. The quantitative estimate of drug-likeness (QED) is 0.0616. The second-order valence-corrected chi connectivity index (χ2v) is 14.0. The number of primary amides is 1. The summed E-state index contributed by atoms with van der Waals surface area (Å²) in [7, 11) is 0. The Kier molecular flexibility index (Phi) is 19.8. The van der Waals surface area contributed by atoms with Gasteiger partial charge in [0.1, 0.15) is 30.2 Å². The first-order chi connectivity index (χ1) is 27.4. The van der Waals surface area contributed by atoms with Gasteiger partial charge in [0.2, 0.25) is 47.3 Å². The number of carboxylic acids is 1. The van der Waals surface area contributed by atoms with E-state index in [1.54, 1.807) is 88.4 Å². The Morgan fingerprint density at radius 3 is 1.64 bits per heavy atom. The number of hydrogen-bond donors (Lipinski definition) is 9. The monoisotopic (exact) mass is 806 g/mol. The highest BCUT2D eigenvalue weighted by Gasteiger charge is 2.32. The number of hydrogen-bond acceptors (Lipinski definition) is 9. The summed E-state index contributed by atoms with van der Waals surface area (Å²) in [4.78, 5) is 113. The molecule has 2 aromatic rings. The molecule has 0 aliphatic heterocycles. The van der Waals surface area contributed by atoms with Crippen LogP contribution in [0.4, 0.5) is 0 Å². The van der Waals surface area contributed by atoms with Gasteiger partial charge in [0.05, 0.1) is 13.1 Å². The maximum absolute atomic E-state index is 13.7. The molecule has 0 aliphatic rings. The van der Waals surface area contributed by atoms with Crippen LogP contribution in [0, 0.1) is 11.8 Å². The van der Waals surface area contributed by atoms with Gasteiger partial charge in [0, 0.05) is 25.0 Å². The van der Waals surface area contributed by atoms with Crippen LogP contribution in [-0.2, 0) is 56.0 Å². The normalized spacial score (nSPS) is 14.0. The van der Waals surface area contributed by atoms with Crippen LogP contribution in [0.15, 0.2) is 72.8 Å². The standard InChI is InChI=1S/C40H54N8O10/c1-6-24(4)35(39(56)44-25(5)37(54)47-34(23(2)3)36(41)53)48-38(55)28(19-26-13-9-7-10-14-26)45-31(50)18-17-30(49)42-21-32(51)43-22-33(52)46-29(40(57)58)20-27-15-11-8-12-16-27/h7-18,23-25,28-29,34-35H,6,19-22H2,1-5H3,(H2,41,53)(H,42,49)(H,43,51)(H,44,56)(H,45,50)(H,46,52)(H,47,54)(H,48,55)(H,57,58). The van der Waals surface area contributed by atoms with Gasteiger partial charge in [-0.25, -0.2) is 4.79 Å². The first kappa shape index (κ1) is 47.6. The molecule has 314 valence electrons. The molecule has 6 unspecified atom stereocenters. The third-order valence-electron chi connectivity index (χ3n) is 8.90. The summed E-state index contributed by atoms with van der Waals surface area (Å²) in [6.07, 6.45) is 2.16. The van der Waals surface area contributed by atoms with Crippen LogP contribution in [0.2, 0.25) is 0 Å². The molecule has 2 rings (SSSR count). The number of nitrogens with one attached hydrogen (secondary N) is 7. The zero-order valence-electron chi connectivity index (χ0n) is 33.2. The molecule has 0 fully saturated rings. The van der Waals surface area contributed by atoms with E-state index in [1.165, 1.54) is 6.92 Å². The van der Waals surface area contributed by atoms with Crippen molar-refractivity contribution in [3.8, 4) is 0 Å². The van der Waals surface area contributed by atoms with Crippen molar-refractivity contribution < 1.29 is 48.3 Å². The lowest BCUT2D eigenvalue weighted by Crippen LogP contribution is -2.59. The highest BCUT2D eigenvalue weighted by atomic mass is 16.4. The number of benzene rings is 2. The highest BCUT2D eigenvalue weighted by Crippen LogP contribution is 2.11. The number of amides is 8. The fourth-order valence-electron chi connectivity index (χ4n) is 5.36. The Morgan fingerprint density at radius 1 is 0.603 bits per heavy atom. The minimum atomic E-state index is -1.26. The summed E-state index contributed by atoms with van der Waals surface area (Å²) in [6, 6.07) is 11.7. The SMILES string of the molecule is CCC(C)C(NC(=O)C(Cc1ccccc1)NC(=O)C=CC(=O)NCC(=O)NCC(=O)NC(Cc1ccccc1)C(=O)O)C(=O)NC(C)C(=O)NC(C(N)=O)C(C)C. The lowest BCUT2D eigenvalue weighted by atomic mass is 9.96. The average molecular weight is 807 g/mol. The highest BCUT2D eigenvalue weighted by molar-refractivity contribution is 6.00. The Labute approximate surface area is 336 Å². The Hall–Kier alpha value is -6.59. The molecule has 0 aliphatic carbocycles. The van der Waals surface area contributed by atoms with Crippen molar-refractivity contribution in [2.75, 3.05) is 13.1 Å². The fourth-order valence-corrected chi connectivity index (χ4v) is 5.36. The van der Waals surface area contributed by atoms with Crippen LogP contribution in [0.25, 0.3) is 0 Å². The molecule has 18 nitrogen and oxygen atoms in total. The van der Waals surface area contributed by atoms with E-state index < -0.39 is 102 Å². The van der Waals surface area contributed by atoms with Gasteiger partial charge >= 0.3 is 5.97 Å². The first-order valence-corrected chi connectivity index (χ1v) is 18.7. The second kappa shape index (κ2) is 24.1. The van der Waals surface area contributed by atoms with Gasteiger partial charge in [0.25, 0.3) is 0 Å². The molecule has 8 amide bonds. The maximum Gasteiger partial charge on any atom is 0.326 e. The molecule has 0 bridgehead atoms. The summed E-state index contributed by atoms with van der Waals surface area (Å²) in [5, 5.41) is 26.6. The molecule has 0 saturated carbocycles. The molecule has 18 heteroatoms. The fraction of sp³-hybridized carbons (Fsp3) is 0.425. The van der Waals surface area contributed by atoms with E-state index >= 15 is 0 Å². The smallest absolute Gasteiger partial charge is 0.326 e. The van der Waals surface area contributed by atoms with Crippen LogP contribution < -0.4 is 43.0 Å². The molecule has 58 heavy (non-hydrogen) atoms. The van der Waals surface area contributed by atoms with Gasteiger partial charge in [-0.2, -0.15) is 0 Å². The average Bonchev–Trinajstić information content (AvgIpc) is 3.18. The molecule has 2 aromatic carbocycles. The van der Waals surface area contributed by atoms with Gasteiger partial charge in [-0.15, -0.1) is 0 Å². The first-order valence-electron chi connectivity index (χ1n) is 18.7. The minimum absolute atomic E-state index is 0.00300. The van der Waals surface area contributed by atoms with E-state index in [2.05, 4.69) is 37.2 Å². The van der Waals surface area contributed by atoms with Gasteiger partial charge in [-0.1, -0.05) is 94.8 Å². The van der Waals surface area contributed by atoms with Crippen molar-refractivity contribution in [2.24, 2.45) is 17.6 Å². The van der Waals surface area contributed by atoms with Crippen molar-refractivity contribution in [1.82, 2.24) is 37.2 Å². The number of carbonyl (C=O) groups is 9. The van der Waals surface area contributed by atoms with Crippen LogP contribution in [0.5, 0.6) is 0 Å². The second-order valence-electron chi connectivity index (χ2n) is 14.0. The van der Waals surface area contributed by atoms with Crippen molar-refractivity contribution in [2.45, 2.75) is 84.1 Å². The zero-order valence-corrected chi connectivity index (χ0v) is 33.2. The summed E-state index contributed by atoms with van der Waals surface area (Å²) in [6.45, 7) is 7.21. The lowest BCUT2D eigenvalue weighted by Gasteiger charge is -2.28. The van der Waals surface area contributed by atoms with Gasteiger partial charge in [0.15, 0.2) is 0 Å². The number of aliphatic carboxylic acids is 1. The molecular weight excluding hydrogens is 752 g/mol. The van der Waals surface area contributed by atoms with Crippen LogP contribution in [-0.4, -0.2) is 102 Å². The summed E-state index contributed by atoms with van der Waals surface area (Å²) in [5.41, 5.74) is 6.75. The Morgan fingerprint density at radius 2 is 1.12 bits per heavy atom. The van der Waals surface area contributed by atoms with E-state index in [9.17, 15) is 48.3 Å². The Balaban J connectivity index is 2.01. The molecule has 0 aromatic heterocycles. The topological polar surface area (TPSA) is 284 Å². The van der Waals surface area contributed by atoms with E-state index in [4.69, 9.17) is 5.73 Å². The third-order valence-corrected chi connectivity index (χ3v) is 8.90. The van der Waals surface area contributed by atoms with Gasteiger partial charge < -0.3 is 48.1 Å². The molecule has 6 atom stereocenters. The lowest BCUT2D eigenvalue weighted by molar-refractivity contribution is -0.141. The third kappa shape index (κ3) is 17.1. The number of carboxylic acid groups (broad SMARTS) is 1. The van der Waals surface area contributed by atoms with Gasteiger partial charge in [-0.05, 0) is 29.9 Å². The molecule has 0 radical (unpaired) electrons. The minimum Gasteiger partial charge on any atom is -0.480 e. The van der Waals surface area contributed by atoms with Crippen molar-refractivity contribution in [1.29, 1.82) is 0 Å². The number of rotatable bonds is 23. The van der Waals surface area contributed by atoms with E-state index in [-0.39, 0.29) is 18.8 Å². The predicted molar refractivity (Wildman–Crippen MR) is 212 cm³/mol. The van der Waals surface area contributed by atoms with E-state index in [0.29, 0.717) is 17.5 Å². The largest absolute Gasteiger partial charge is 0.480 e.